The van der Waals surface area contributed by atoms with Gasteiger partial charge in [0.05, 0.1) is 5.69 Å². The molecule has 2 aromatic rings. The van der Waals surface area contributed by atoms with E-state index in [2.05, 4.69) is 34.0 Å². The molecule has 0 saturated heterocycles. The van der Waals surface area contributed by atoms with Crippen molar-refractivity contribution in [3.05, 3.63) is 53.1 Å². The molecule has 102 valence electrons. The summed E-state index contributed by atoms with van der Waals surface area (Å²) in [6.45, 7) is 4.95. The summed E-state index contributed by atoms with van der Waals surface area (Å²) in [7, 11) is 0. The fraction of sp³-hybridized carbons (Fsp3) is 0.400. The third kappa shape index (κ3) is 3.44. The van der Waals surface area contributed by atoms with E-state index in [0.29, 0.717) is 0 Å². The molecule has 0 spiro atoms. The predicted molar refractivity (Wildman–Crippen MR) is 79.3 cm³/mol. The third-order valence-corrected chi connectivity index (χ3v) is 4.03. The van der Waals surface area contributed by atoms with Crippen LogP contribution in [0.1, 0.15) is 29.8 Å². The first-order valence-corrected chi connectivity index (χ1v) is 7.61. The number of rotatable bonds is 5. The number of aryl methyl sites for hydroxylation is 2. The van der Waals surface area contributed by atoms with Crippen molar-refractivity contribution in [2.45, 2.75) is 32.7 Å². The van der Waals surface area contributed by atoms with E-state index in [-0.39, 0.29) is 11.7 Å². The molecule has 1 aromatic heterocycles. The normalized spacial score (nSPS) is 12.6. The first-order valence-electron chi connectivity index (χ1n) is 6.48. The highest BCUT2D eigenvalue weighted by Crippen LogP contribution is 2.24. The summed E-state index contributed by atoms with van der Waals surface area (Å²) in [6, 6.07) is 8.95. The quantitative estimate of drug-likeness (QED) is 0.758. The Morgan fingerprint density at radius 1 is 1.37 bits per heavy atom. The van der Waals surface area contributed by atoms with E-state index in [9.17, 15) is 4.39 Å². The molecule has 0 aliphatic heterocycles. The number of nitrogens with zero attached hydrogens (tertiary/aromatic N) is 2. The van der Waals surface area contributed by atoms with Crippen LogP contribution in [0.15, 0.2) is 30.3 Å². The maximum Gasteiger partial charge on any atom is 0.123 e. The molecule has 1 unspecified atom stereocenters. The highest BCUT2D eigenvalue weighted by Gasteiger charge is 2.15. The minimum atomic E-state index is -0.177. The van der Waals surface area contributed by atoms with Crippen molar-refractivity contribution in [1.82, 2.24) is 9.78 Å². The molecule has 2 nitrogen and oxygen atoms in total. The summed E-state index contributed by atoms with van der Waals surface area (Å²) in [6.07, 6.45) is 0.864. The zero-order valence-electron chi connectivity index (χ0n) is 11.2. The number of aromatic nitrogens is 2. The van der Waals surface area contributed by atoms with E-state index in [1.165, 1.54) is 11.8 Å². The van der Waals surface area contributed by atoms with Crippen molar-refractivity contribution in [1.29, 1.82) is 0 Å². The van der Waals surface area contributed by atoms with Gasteiger partial charge in [-0.2, -0.15) is 5.10 Å². The predicted octanol–water partition coefficient (Wildman–Crippen LogP) is 4.07. The van der Waals surface area contributed by atoms with E-state index in [1.807, 2.05) is 17.7 Å². The molecule has 1 heterocycles. The third-order valence-electron chi connectivity index (χ3n) is 3.25. The van der Waals surface area contributed by atoms with Gasteiger partial charge in [-0.3, -0.25) is 4.68 Å². The largest absolute Gasteiger partial charge is 0.270 e. The Morgan fingerprint density at radius 3 is 2.79 bits per heavy atom. The lowest BCUT2D eigenvalue weighted by Gasteiger charge is -2.15. The smallest absolute Gasteiger partial charge is 0.123 e. The van der Waals surface area contributed by atoms with E-state index < -0.39 is 0 Å². The molecule has 19 heavy (non-hydrogen) atoms. The molecule has 0 bridgehead atoms. The topological polar surface area (TPSA) is 17.8 Å². The van der Waals surface area contributed by atoms with E-state index in [1.54, 1.807) is 12.1 Å². The highest BCUT2D eigenvalue weighted by molar-refractivity contribution is 9.09. The molecule has 0 aliphatic rings. The number of halogens is 2. The van der Waals surface area contributed by atoms with Crippen LogP contribution in [0.5, 0.6) is 0 Å². The van der Waals surface area contributed by atoms with Crippen LogP contribution in [0.3, 0.4) is 0 Å². The average Bonchev–Trinajstić information content (AvgIpc) is 2.76. The van der Waals surface area contributed by atoms with E-state index >= 15 is 0 Å². The van der Waals surface area contributed by atoms with Crippen molar-refractivity contribution in [3.8, 4) is 0 Å². The molecule has 0 radical (unpaired) electrons. The molecule has 0 aliphatic carbocycles. The minimum absolute atomic E-state index is 0.177. The van der Waals surface area contributed by atoms with Gasteiger partial charge in [-0.15, -0.1) is 0 Å². The molecule has 2 rings (SSSR count). The lowest BCUT2D eigenvalue weighted by Crippen LogP contribution is -2.10. The van der Waals surface area contributed by atoms with Gasteiger partial charge in [-0.25, -0.2) is 4.39 Å². The maximum absolute atomic E-state index is 13.3. The van der Waals surface area contributed by atoms with Crippen LogP contribution >= 0.6 is 15.9 Å². The zero-order chi connectivity index (χ0) is 13.8. The SMILES string of the molecule is CCn1nc(C)cc1CC(CBr)c1cccc(F)c1. The van der Waals surface area contributed by atoms with Crippen molar-refractivity contribution >= 4 is 15.9 Å². The molecular weight excluding hydrogens is 307 g/mol. The van der Waals surface area contributed by atoms with Gasteiger partial charge in [-0.1, -0.05) is 28.1 Å². The van der Waals surface area contributed by atoms with Crippen LogP contribution < -0.4 is 0 Å². The minimum Gasteiger partial charge on any atom is -0.270 e. The van der Waals surface area contributed by atoms with Crippen LogP contribution in [0.4, 0.5) is 4.39 Å². The van der Waals surface area contributed by atoms with Gasteiger partial charge >= 0.3 is 0 Å². The van der Waals surface area contributed by atoms with Gasteiger partial charge in [0.25, 0.3) is 0 Å². The number of benzene rings is 1. The fourth-order valence-corrected chi connectivity index (χ4v) is 2.91. The van der Waals surface area contributed by atoms with Crippen molar-refractivity contribution in [3.63, 3.8) is 0 Å². The van der Waals surface area contributed by atoms with Gasteiger partial charge in [-0.05, 0) is 49.9 Å². The molecule has 4 heteroatoms. The summed E-state index contributed by atoms with van der Waals surface area (Å²) >= 11 is 3.54. The lowest BCUT2D eigenvalue weighted by molar-refractivity contribution is 0.592. The van der Waals surface area contributed by atoms with Gasteiger partial charge in [0.15, 0.2) is 0 Å². The molecule has 1 aromatic carbocycles. The Balaban J connectivity index is 2.23. The van der Waals surface area contributed by atoms with Crippen molar-refractivity contribution in [2.24, 2.45) is 0 Å². The Labute approximate surface area is 121 Å². The summed E-state index contributed by atoms with van der Waals surface area (Å²) in [4.78, 5) is 0. The molecule has 0 fully saturated rings. The Bertz CT molecular complexity index is 551. The second-order valence-corrected chi connectivity index (χ2v) is 5.35. The molecular formula is C15H18BrFN2. The first kappa shape index (κ1) is 14.3. The van der Waals surface area contributed by atoms with Crippen LogP contribution in [0.2, 0.25) is 0 Å². The number of alkyl halides is 1. The first-order chi connectivity index (χ1) is 9.13. The summed E-state index contributed by atoms with van der Waals surface area (Å²) in [5.74, 6) is 0.0840. The summed E-state index contributed by atoms with van der Waals surface area (Å²) < 4.78 is 15.3. The van der Waals surface area contributed by atoms with Crippen LogP contribution in [0.25, 0.3) is 0 Å². The monoisotopic (exact) mass is 324 g/mol. The number of hydrogen-bond donors (Lipinski definition) is 0. The van der Waals surface area contributed by atoms with Gasteiger partial charge in [0, 0.05) is 17.6 Å². The van der Waals surface area contributed by atoms with Gasteiger partial charge < -0.3 is 0 Å². The Kier molecular flexibility index (Phi) is 4.75. The average molecular weight is 325 g/mol. The number of hydrogen-bond acceptors (Lipinski definition) is 1. The van der Waals surface area contributed by atoms with E-state index in [0.717, 1.165) is 29.6 Å². The van der Waals surface area contributed by atoms with Crippen molar-refractivity contribution < 1.29 is 4.39 Å². The molecule has 0 amide bonds. The molecule has 0 saturated carbocycles. The second kappa shape index (κ2) is 6.33. The standard InChI is InChI=1S/C15H18BrFN2/c1-3-19-15(7-11(2)18-19)9-13(10-16)12-5-4-6-14(17)8-12/h4-8,13H,3,9-10H2,1-2H3. The molecule has 0 N–H and O–H groups in total. The zero-order valence-corrected chi connectivity index (χ0v) is 12.8. The fourth-order valence-electron chi connectivity index (χ4n) is 2.31. The van der Waals surface area contributed by atoms with E-state index in [4.69, 9.17) is 0 Å². The van der Waals surface area contributed by atoms with Gasteiger partial charge in [0.1, 0.15) is 5.82 Å². The summed E-state index contributed by atoms with van der Waals surface area (Å²) in [5, 5.41) is 5.26. The Morgan fingerprint density at radius 2 is 2.16 bits per heavy atom. The van der Waals surface area contributed by atoms with Crippen molar-refractivity contribution in [2.75, 3.05) is 5.33 Å². The maximum atomic E-state index is 13.3. The van der Waals surface area contributed by atoms with Crippen LogP contribution in [0, 0.1) is 12.7 Å². The van der Waals surface area contributed by atoms with Crippen LogP contribution in [-0.2, 0) is 13.0 Å². The lowest BCUT2D eigenvalue weighted by atomic mass is 9.96. The van der Waals surface area contributed by atoms with Gasteiger partial charge in [0.2, 0.25) is 0 Å². The highest BCUT2D eigenvalue weighted by atomic mass is 79.9. The van der Waals surface area contributed by atoms with Crippen LogP contribution in [-0.4, -0.2) is 15.1 Å². The second-order valence-electron chi connectivity index (χ2n) is 4.70. The summed E-state index contributed by atoms with van der Waals surface area (Å²) in [5.41, 5.74) is 3.26. The Hall–Kier alpha value is -1.16. The molecule has 1 atom stereocenters.